The van der Waals surface area contributed by atoms with Gasteiger partial charge in [0.25, 0.3) is 0 Å². The zero-order valence-corrected chi connectivity index (χ0v) is 14.9. The van der Waals surface area contributed by atoms with Crippen LogP contribution in [0.2, 0.25) is 0 Å². The molecule has 0 aliphatic carbocycles. The standard InChI is InChI=1S/C3H6.C2H8N2.2C2H7N.C2H6.2C2H4/c1-3-2;1-4-2-3;2*1-3-2;3*1-2/h3H,1H2,2H3;4H,2-3H2,1H3;2*3H,1-2H3;1-2H3;2*1-2H2. The predicted molar refractivity (Wildman–Crippen MR) is 97.8 cm³/mol. The van der Waals surface area contributed by atoms with E-state index in [4.69, 9.17) is 5.73 Å². The van der Waals surface area contributed by atoms with Crippen LogP contribution in [0.25, 0.3) is 0 Å². The summed E-state index contributed by atoms with van der Waals surface area (Å²) in [5.41, 5.74) is 4.92. The van der Waals surface area contributed by atoms with Crippen LogP contribution in [0.1, 0.15) is 20.8 Å². The monoisotopic (exact) mass is 278 g/mol. The van der Waals surface area contributed by atoms with Crippen molar-refractivity contribution in [2.45, 2.75) is 20.8 Å². The predicted octanol–water partition coefficient (Wildman–Crippen LogP) is 2.62. The molecule has 0 rings (SSSR count). The van der Waals surface area contributed by atoms with Gasteiger partial charge in [0, 0.05) is 6.67 Å². The van der Waals surface area contributed by atoms with Gasteiger partial charge in [-0.3, -0.25) is 0 Å². The lowest BCUT2D eigenvalue weighted by Gasteiger charge is -1.77. The highest BCUT2D eigenvalue weighted by Crippen LogP contribution is 1.38. The number of allylic oxidation sites excluding steroid dienone is 1. The molecule has 0 aliphatic rings. The Kier molecular flexibility index (Phi) is 604. The maximum absolute atomic E-state index is 4.92. The Bertz CT molecular complexity index is 63.2. The highest BCUT2D eigenvalue weighted by Gasteiger charge is 1.49. The highest BCUT2D eigenvalue weighted by atomic mass is 14.9. The Morgan fingerprint density at radius 3 is 0.895 bits per heavy atom. The Hall–Kier alpha value is -0.940. The summed E-state index contributed by atoms with van der Waals surface area (Å²) in [7, 11) is 9.31. The average Bonchev–Trinajstić information content (AvgIpc) is 2.47. The normalized spacial score (nSPS) is 4.89. The first kappa shape index (κ1) is 43.0. The van der Waals surface area contributed by atoms with E-state index in [2.05, 4.69) is 48.8 Å². The summed E-state index contributed by atoms with van der Waals surface area (Å²) in [5, 5.41) is 8.21. The molecule has 0 heterocycles. The van der Waals surface area contributed by atoms with Gasteiger partial charge in [0.15, 0.2) is 0 Å². The van der Waals surface area contributed by atoms with Crippen LogP contribution in [0.3, 0.4) is 0 Å². The molecule has 4 nitrogen and oxygen atoms in total. The van der Waals surface area contributed by atoms with Crippen LogP contribution < -0.4 is 21.7 Å². The fraction of sp³-hybridized carbons (Fsp3) is 0.600. The summed E-state index contributed by atoms with van der Waals surface area (Å²) < 4.78 is 0. The van der Waals surface area contributed by atoms with Gasteiger partial charge in [0.1, 0.15) is 0 Å². The summed E-state index contributed by atoms with van der Waals surface area (Å²) in [5.74, 6) is 0. The number of nitrogens with two attached hydrogens (primary N) is 1. The first-order valence-electron chi connectivity index (χ1n) is 6.25. The molecule has 5 N–H and O–H groups in total. The molecule has 0 aliphatic heterocycles. The largest absolute Gasteiger partial charge is 0.323 e. The highest BCUT2D eigenvalue weighted by molar-refractivity contribution is 4.51. The Balaban J connectivity index is -0.0000000180. The summed E-state index contributed by atoms with van der Waals surface area (Å²) in [6, 6.07) is 0. The molecule has 0 saturated carbocycles. The van der Waals surface area contributed by atoms with E-state index in [-0.39, 0.29) is 0 Å². The van der Waals surface area contributed by atoms with Crippen LogP contribution in [0.5, 0.6) is 0 Å². The smallest absolute Gasteiger partial charge is 0.0426 e. The van der Waals surface area contributed by atoms with Gasteiger partial charge in [0.2, 0.25) is 0 Å². The molecule has 0 saturated heterocycles. The molecule has 0 atom stereocenters. The second-order valence-electron chi connectivity index (χ2n) is 1.97. The molecular weight excluding hydrogens is 236 g/mol. The zero-order valence-electron chi connectivity index (χ0n) is 14.9. The van der Waals surface area contributed by atoms with Gasteiger partial charge in [-0.15, -0.1) is 32.9 Å². The molecule has 0 fully saturated rings. The van der Waals surface area contributed by atoms with E-state index in [1.807, 2.05) is 49.0 Å². The van der Waals surface area contributed by atoms with E-state index in [0.29, 0.717) is 6.67 Å². The summed E-state index contributed by atoms with van der Waals surface area (Å²) in [4.78, 5) is 0. The topological polar surface area (TPSA) is 62.1 Å². The number of nitrogens with one attached hydrogen (secondary N) is 3. The van der Waals surface area contributed by atoms with Gasteiger partial charge >= 0.3 is 0 Å². The minimum Gasteiger partial charge on any atom is -0.323 e. The molecule has 0 aromatic heterocycles. The van der Waals surface area contributed by atoms with Crippen molar-refractivity contribution >= 4 is 0 Å². The zero-order chi connectivity index (χ0) is 17.5. The van der Waals surface area contributed by atoms with E-state index in [0.717, 1.165) is 0 Å². The minimum absolute atomic E-state index is 0.569. The maximum Gasteiger partial charge on any atom is 0.0426 e. The first-order chi connectivity index (χ1) is 9.16. The van der Waals surface area contributed by atoms with Crippen molar-refractivity contribution in [3.8, 4) is 0 Å². The molecule has 0 amide bonds. The van der Waals surface area contributed by atoms with Crippen molar-refractivity contribution in [1.29, 1.82) is 0 Å². The van der Waals surface area contributed by atoms with E-state index >= 15 is 0 Å². The van der Waals surface area contributed by atoms with Crippen molar-refractivity contribution in [3.05, 3.63) is 39.0 Å². The number of hydrogen-bond acceptors (Lipinski definition) is 4. The fourth-order valence-electron chi connectivity index (χ4n) is 0. The third-order valence-electron chi connectivity index (χ3n) is 0.204. The van der Waals surface area contributed by atoms with Crippen molar-refractivity contribution in [3.63, 3.8) is 0 Å². The van der Waals surface area contributed by atoms with E-state index in [9.17, 15) is 0 Å². The Morgan fingerprint density at radius 2 is 0.895 bits per heavy atom. The lowest BCUT2D eigenvalue weighted by atomic mass is 10.8. The van der Waals surface area contributed by atoms with Gasteiger partial charge in [-0.2, -0.15) is 0 Å². The lowest BCUT2D eigenvalue weighted by molar-refractivity contribution is 0.833. The molecule has 0 aromatic rings. The molecule has 0 bridgehead atoms. The molecule has 0 spiro atoms. The van der Waals surface area contributed by atoms with Crippen molar-refractivity contribution in [2.75, 3.05) is 41.9 Å². The third kappa shape index (κ3) is 1070000. The first-order valence-corrected chi connectivity index (χ1v) is 6.25. The summed E-state index contributed by atoms with van der Waals surface area (Å²) >= 11 is 0. The quantitative estimate of drug-likeness (QED) is 0.440. The second kappa shape index (κ2) is 267. The third-order valence-corrected chi connectivity index (χ3v) is 0.204. The van der Waals surface area contributed by atoms with Gasteiger partial charge in [-0.05, 0) is 42.2 Å². The molecule has 0 radical (unpaired) electrons. The van der Waals surface area contributed by atoms with E-state index in [1.165, 1.54) is 0 Å². The number of hydrogen-bond donors (Lipinski definition) is 4. The van der Waals surface area contributed by atoms with Crippen LogP contribution in [-0.2, 0) is 0 Å². The number of rotatable bonds is 1. The molecule has 4 heteroatoms. The average molecular weight is 279 g/mol. The molecule has 122 valence electrons. The Morgan fingerprint density at radius 1 is 0.842 bits per heavy atom. The van der Waals surface area contributed by atoms with Crippen LogP contribution in [0.15, 0.2) is 39.0 Å². The van der Waals surface area contributed by atoms with Gasteiger partial charge < -0.3 is 21.7 Å². The van der Waals surface area contributed by atoms with Crippen molar-refractivity contribution < 1.29 is 0 Å². The van der Waals surface area contributed by atoms with Gasteiger partial charge in [-0.25, -0.2) is 0 Å². The SMILES string of the molecule is C=C.C=C.C=CC.CC.CNC.CNC.CNCN. The van der Waals surface area contributed by atoms with Crippen LogP contribution in [0, 0.1) is 0 Å². The van der Waals surface area contributed by atoms with Gasteiger partial charge in [0.05, 0.1) is 0 Å². The van der Waals surface area contributed by atoms with Crippen molar-refractivity contribution in [1.82, 2.24) is 16.0 Å². The van der Waals surface area contributed by atoms with Crippen LogP contribution in [0.4, 0.5) is 0 Å². The summed E-state index contributed by atoms with van der Waals surface area (Å²) in [6.45, 7) is 21.8. The maximum atomic E-state index is 4.92. The lowest BCUT2D eigenvalue weighted by Crippen LogP contribution is -2.15. The second-order valence-corrected chi connectivity index (χ2v) is 1.97. The minimum atomic E-state index is 0.569. The summed E-state index contributed by atoms with van der Waals surface area (Å²) in [6.07, 6.45) is 1.75. The van der Waals surface area contributed by atoms with Crippen LogP contribution >= 0.6 is 0 Å². The van der Waals surface area contributed by atoms with E-state index in [1.54, 1.807) is 13.1 Å². The van der Waals surface area contributed by atoms with Crippen molar-refractivity contribution in [2.24, 2.45) is 5.73 Å². The molecule has 19 heavy (non-hydrogen) atoms. The fourth-order valence-corrected chi connectivity index (χ4v) is 0. The molecule has 0 unspecified atom stereocenters. The molecule has 0 aromatic carbocycles. The van der Waals surface area contributed by atoms with Gasteiger partial charge in [-0.1, -0.05) is 19.9 Å². The van der Waals surface area contributed by atoms with E-state index < -0.39 is 0 Å². The Labute approximate surface area is 124 Å². The molecular formula is C15H42N4. The van der Waals surface area contributed by atoms with Crippen LogP contribution in [-0.4, -0.2) is 41.9 Å².